The van der Waals surface area contributed by atoms with Crippen LogP contribution in [0.15, 0.2) is 24.3 Å². The van der Waals surface area contributed by atoms with E-state index in [4.69, 9.17) is 0 Å². The fourth-order valence-electron chi connectivity index (χ4n) is 3.20. The van der Waals surface area contributed by atoms with E-state index < -0.39 is 0 Å². The summed E-state index contributed by atoms with van der Waals surface area (Å²) in [6.07, 6.45) is 1.90. The molecule has 2 heterocycles. The minimum atomic E-state index is -0.238. The molecule has 0 aromatic heterocycles. The van der Waals surface area contributed by atoms with Gasteiger partial charge < -0.3 is 9.80 Å². The van der Waals surface area contributed by atoms with Crippen molar-refractivity contribution in [2.45, 2.75) is 32.1 Å². The zero-order chi connectivity index (χ0) is 14.0. The molecule has 1 saturated heterocycles. The maximum atomic E-state index is 12.6. The minimum Gasteiger partial charge on any atom is -0.314 e. The van der Waals surface area contributed by atoms with E-state index in [0.717, 1.165) is 31.6 Å². The van der Waals surface area contributed by atoms with Gasteiger partial charge in [0.1, 0.15) is 0 Å². The largest absolute Gasteiger partial charge is 0.314 e. The van der Waals surface area contributed by atoms with E-state index in [0.29, 0.717) is 0 Å². The van der Waals surface area contributed by atoms with Gasteiger partial charge in [-0.2, -0.15) is 0 Å². The summed E-state index contributed by atoms with van der Waals surface area (Å²) in [4.78, 5) is 16.7. The molecule has 3 nitrogen and oxygen atoms in total. The maximum Gasteiger partial charge on any atom is 0.237 e. The number of nitrogens with zero attached hydrogens (tertiary/aromatic N) is 2. The molecular formula is C16H24N2O. The Morgan fingerprint density at radius 3 is 2.26 bits per heavy atom. The van der Waals surface area contributed by atoms with Crippen molar-refractivity contribution in [3.63, 3.8) is 0 Å². The smallest absolute Gasteiger partial charge is 0.237 e. The van der Waals surface area contributed by atoms with Gasteiger partial charge in [0.05, 0.1) is 5.41 Å². The zero-order valence-electron chi connectivity index (χ0n) is 12.4. The first-order valence-electron chi connectivity index (χ1n) is 7.21. The number of piperidine rings is 1. The summed E-state index contributed by atoms with van der Waals surface area (Å²) in [6, 6.07) is 8.24. The lowest BCUT2D eigenvalue weighted by Gasteiger charge is -2.36. The molecular weight excluding hydrogens is 236 g/mol. The number of hydrogen-bond donors (Lipinski definition) is 0. The summed E-state index contributed by atoms with van der Waals surface area (Å²) in [5, 5.41) is 0. The highest BCUT2D eigenvalue weighted by Crippen LogP contribution is 2.46. The molecule has 0 bridgehead atoms. The van der Waals surface area contributed by atoms with Crippen molar-refractivity contribution >= 4 is 11.6 Å². The number of benzene rings is 1. The maximum absolute atomic E-state index is 12.6. The molecule has 0 unspecified atom stereocenters. The molecule has 0 N–H and O–H groups in total. The summed E-state index contributed by atoms with van der Waals surface area (Å²) in [7, 11) is 4.02. The number of likely N-dealkylation sites (N-methyl/N-ethyl adjacent to an activating group) is 1. The first kappa shape index (κ1) is 14.1. The lowest BCUT2D eigenvalue weighted by Crippen LogP contribution is -2.46. The molecule has 1 fully saturated rings. The lowest BCUT2D eigenvalue weighted by molar-refractivity contribution is -0.124. The standard InChI is InChI=1S/C14H18N2O.C2H6/c1-15-9-7-14(8-10-15)11-5-3-4-6-12(11)16(2)13(14)17;1-2/h3-6H,7-10H2,1-2H3;1-2H3. The third-order valence-corrected chi connectivity index (χ3v) is 4.34. The van der Waals surface area contributed by atoms with Gasteiger partial charge >= 0.3 is 0 Å². The van der Waals surface area contributed by atoms with Crippen molar-refractivity contribution in [1.29, 1.82) is 0 Å². The molecule has 1 aromatic carbocycles. The molecule has 0 aliphatic carbocycles. The van der Waals surface area contributed by atoms with E-state index >= 15 is 0 Å². The fraction of sp³-hybridized carbons (Fsp3) is 0.562. The van der Waals surface area contributed by atoms with Gasteiger partial charge in [-0.15, -0.1) is 0 Å². The van der Waals surface area contributed by atoms with Crippen LogP contribution >= 0.6 is 0 Å². The third-order valence-electron chi connectivity index (χ3n) is 4.34. The van der Waals surface area contributed by atoms with Gasteiger partial charge in [-0.1, -0.05) is 32.0 Å². The molecule has 104 valence electrons. The van der Waals surface area contributed by atoms with Crippen molar-refractivity contribution in [2.24, 2.45) is 0 Å². The topological polar surface area (TPSA) is 23.6 Å². The summed E-state index contributed by atoms with van der Waals surface area (Å²) in [5.41, 5.74) is 2.10. The molecule has 1 spiro atoms. The second kappa shape index (κ2) is 5.33. The van der Waals surface area contributed by atoms with Crippen LogP contribution in [0.4, 0.5) is 5.69 Å². The number of amides is 1. The number of fused-ring (bicyclic) bond motifs is 2. The van der Waals surface area contributed by atoms with Gasteiger partial charge in [-0.05, 0) is 44.6 Å². The van der Waals surface area contributed by atoms with Crippen LogP contribution < -0.4 is 4.90 Å². The van der Waals surface area contributed by atoms with E-state index in [2.05, 4.69) is 24.1 Å². The van der Waals surface area contributed by atoms with Crippen molar-refractivity contribution in [1.82, 2.24) is 4.90 Å². The average Bonchev–Trinajstić information content (AvgIpc) is 2.68. The highest BCUT2D eigenvalue weighted by Gasteiger charge is 2.50. The number of para-hydroxylation sites is 1. The quantitative estimate of drug-likeness (QED) is 0.716. The van der Waals surface area contributed by atoms with E-state index in [-0.39, 0.29) is 11.3 Å². The molecule has 0 saturated carbocycles. The second-order valence-corrected chi connectivity index (χ2v) is 5.27. The Balaban J connectivity index is 0.000000637. The predicted octanol–water partition coefficient (Wildman–Crippen LogP) is 2.65. The van der Waals surface area contributed by atoms with Crippen LogP contribution in [0.3, 0.4) is 0 Å². The molecule has 2 aliphatic rings. The van der Waals surface area contributed by atoms with Crippen LogP contribution in [0.1, 0.15) is 32.3 Å². The summed E-state index contributed by atoms with van der Waals surface area (Å²) >= 11 is 0. The Hall–Kier alpha value is -1.35. The molecule has 3 heteroatoms. The van der Waals surface area contributed by atoms with Gasteiger partial charge in [0.2, 0.25) is 5.91 Å². The highest BCUT2D eigenvalue weighted by molar-refractivity contribution is 6.07. The van der Waals surface area contributed by atoms with E-state index in [1.54, 1.807) is 0 Å². The monoisotopic (exact) mass is 260 g/mol. The first-order valence-corrected chi connectivity index (χ1v) is 7.21. The lowest BCUT2D eigenvalue weighted by atomic mass is 9.74. The Kier molecular flexibility index (Phi) is 3.95. The summed E-state index contributed by atoms with van der Waals surface area (Å²) < 4.78 is 0. The van der Waals surface area contributed by atoms with Gasteiger partial charge in [0.15, 0.2) is 0 Å². The predicted molar refractivity (Wildman–Crippen MR) is 79.6 cm³/mol. The van der Waals surface area contributed by atoms with Gasteiger partial charge in [0.25, 0.3) is 0 Å². The first-order chi connectivity index (χ1) is 9.15. The van der Waals surface area contributed by atoms with Gasteiger partial charge in [-0.25, -0.2) is 0 Å². The Morgan fingerprint density at radius 2 is 1.63 bits per heavy atom. The van der Waals surface area contributed by atoms with Crippen molar-refractivity contribution < 1.29 is 4.79 Å². The van der Waals surface area contributed by atoms with E-state index in [9.17, 15) is 4.79 Å². The van der Waals surface area contributed by atoms with Crippen molar-refractivity contribution in [2.75, 3.05) is 32.1 Å². The summed E-state index contributed by atoms with van der Waals surface area (Å²) in [6.45, 7) is 6.02. The molecule has 0 radical (unpaired) electrons. The number of rotatable bonds is 0. The number of carbonyl (C=O) groups is 1. The molecule has 19 heavy (non-hydrogen) atoms. The minimum absolute atomic E-state index is 0.238. The van der Waals surface area contributed by atoms with Crippen LogP contribution in [0.2, 0.25) is 0 Å². The van der Waals surface area contributed by atoms with Crippen LogP contribution in [-0.2, 0) is 10.2 Å². The SMILES string of the molecule is CC.CN1CCC2(CC1)C(=O)N(C)c1ccccc12. The van der Waals surface area contributed by atoms with Crippen LogP contribution in [0, 0.1) is 0 Å². The Bertz CT molecular complexity index is 462. The number of likely N-dealkylation sites (tertiary alicyclic amines) is 1. The van der Waals surface area contributed by atoms with Crippen LogP contribution in [0.25, 0.3) is 0 Å². The number of hydrogen-bond acceptors (Lipinski definition) is 2. The average molecular weight is 260 g/mol. The van der Waals surface area contributed by atoms with Crippen LogP contribution in [-0.4, -0.2) is 38.0 Å². The molecule has 2 aliphatic heterocycles. The molecule has 1 aromatic rings. The zero-order valence-corrected chi connectivity index (χ0v) is 12.4. The second-order valence-electron chi connectivity index (χ2n) is 5.27. The number of carbonyl (C=O) groups excluding carboxylic acids is 1. The molecule has 0 atom stereocenters. The molecule has 1 amide bonds. The normalized spacial score (nSPS) is 21.1. The Labute approximate surface area is 116 Å². The van der Waals surface area contributed by atoms with Crippen molar-refractivity contribution in [3.05, 3.63) is 29.8 Å². The third kappa shape index (κ3) is 2.06. The van der Waals surface area contributed by atoms with Crippen molar-refractivity contribution in [3.8, 4) is 0 Å². The van der Waals surface area contributed by atoms with Gasteiger partial charge in [0, 0.05) is 12.7 Å². The summed E-state index contributed by atoms with van der Waals surface area (Å²) in [5.74, 6) is 0.284. The Morgan fingerprint density at radius 1 is 1.05 bits per heavy atom. The fourth-order valence-corrected chi connectivity index (χ4v) is 3.20. The van der Waals surface area contributed by atoms with E-state index in [1.165, 1.54) is 5.56 Å². The number of anilines is 1. The highest BCUT2D eigenvalue weighted by atomic mass is 16.2. The molecule has 3 rings (SSSR count). The van der Waals surface area contributed by atoms with E-state index in [1.807, 2.05) is 37.9 Å². The van der Waals surface area contributed by atoms with Crippen LogP contribution in [0.5, 0.6) is 0 Å². The van der Waals surface area contributed by atoms with Gasteiger partial charge in [-0.3, -0.25) is 4.79 Å².